The monoisotopic (exact) mass is 327 g/mol. The van der Waals surface area contributed by atoms with Gasteiger partial charge in [-0.3, -0.25) is 4.79 Å². The van der Waals surface area contributed by atoms with Gasteiger partial charge in [-0.1, -0.05) is 24.4 Å². The zero-order valence-electron chi connectivity index (χ0n) is 14.5. The highest BCUT2D eigenvalue weighted by molar-refractivity contribution is 6.06. The van der Waals surface area contributed by atoms with Crippen molar-refractivity contribution in [1.82, 2.24) is 15.0 Å². The Morgan fingerprint density at radius 1 is 1.25 bits per heavy atom. The number of fused-ring (bicyclic) bond motifs is 1. The maximum Gasteiger partial charge on any atom is 0.259 e. The first kappa shape index (κ1) is 15.6. The van der Waals surface area contributed by atoms with Gasteiger partial charge in [-0.05, 0) is 45.6 Å². The Balaban J connectivity index is 1.75. The maximum atomic E-state index is 13.4. The molecule has 5 heteroatoms. The van der Waals surface area contributed by atoms with Crippen LogP contribution in [0.15, 0.2) is 10.6 Å². The number of hydrogen-bond acceptors (Lipinski definition) is 4. The highest BCUT2D eigenvalue weighted by atomic mass is 16.5. The van der Waals surface area contributed by atoms with Crippen LogP contribution in [0.25, 0.3) is 11.1 Å². The molecule has 0 unspecified atom stereocenters. The SMILES string of the molecule is CCN(C(=O)c1cc(C2CC2)nc2onc(C)c12)C1CCCCC1. The molecule has 24 heavy (non-hydrogen) atoms. The van der Waals surface area contributed by atoms with E-state index in [2.05, 4.69) is 22.0 Å². The topological polar surface area (TPSA) is 59.2 Å². The number of aromatic nitrogens is 2. The summed E-state index contributed by atoms with van der Waals surface area (Å²) in [4.78, 5) is 20.0. The van der Waals surface area contributed by atoms with Crippen LogP contribution in [0.2, 0.25) is 0 Å². The van der Waals surface area contributed by atoms with Gasteiger partial charge in [-0.2, -0.15) is 0 Å². The molecule has 1 amide bonds. The summed E-state index contributed by atoms with van der Waals surface area (Å²) >= 11 is 0. The van der Waals surface area contributed by atoms with Crippen molar-refractivity contribution in [2.75, 3.05) is 6.54 Å². The Labute approximate surface area is 142 Å². The van der Waals surface area contributed by atoms with Crippen molar-refractivity contribution >= 4 is 17.0 Å². The molecule has 2 aliphatic carbocycles. The highest BCUT2D eigenvalue weighted by Gasteiger charge is 2.31. The molecule has 5 nitrogen and oxygen atoms in total. The average Bonchev–Trinajstić information content (AvgIpc) is 3.40. The molecule has 2 saturated carbocycles. The van der Waals surface area contributed by atoms with Crippen LogP contribution in [0.5, 0.6) is 0 Å². The number of aryl methyl sites for hydroxylation is 1. The van der Waals surface area contributed by atoms with E-state index in [1.807, 2.05) is 13.0 Å². The van der Waals surface area contributed by atoms with Crippen LogP contribution >= 0.6 is 0 Å². The Morgan fingerprint density at radius 3 is 2.67 bits per heavy atom. The smallest absolute Gasteiger partial charge is 0.259 e. The molecule has 0 N–H and O–H groups in total. The predicted molar refractivity (Wildman–Crippen MR) is 92.1 cm³/mol. The van der Waals surface area contributed by atoms with Gasteiger partial charge in [-0.25, -0.2) is 4.98 Å². The maximum absolute atomic E-state index is 13.4. The molecular formula is C19H25N3O2. The Hall–Kier alpha value is -1.91. The number of hydrogen-bond donors (Lipinski definition) is 0. The lowest BCUT2D eigenvalue weighted by atomic mass is 9.93. The average molecular weight is 327 g/mol. The van der Waals surface area contributed by atoms with Crippen molar-refractivity contribution in [1.29, 1.82) is 0 Å². The van der Waals surface area contributed by atoms with Gasteiger partial charge in [0.05, 0.1) is 16.6 Å². The summed E-state index contributed by atoms with van der Waals surface area (Å²) in [5.41, 5.74) is 2.98. The van der Waals surface area contributed by atoms with E-state index in [0.717, 1.165) is 54.6 Å². The number of carbonyl (C=O) groups is 1. The second-order valence-electron chi connectivity index (χ2n) is 7.20. The first-order chi connectivity index (χ1) is 11.7. The largest absolute Gasteiger partial charge is 0.336 e. The third-order valence-corrected chi connectivity index (χ3v) is 5.48. The molecule has 2 heterocycles. The molecule has 0 saturated heterocycles. The van der Waals surface area contributed by atoms with E-state index in [0.29, 0.717) is 17.7 Å². The summed E-state index contributed by atoms with van der Waals surface area (Å²) in [7, 11) is 0. The lowest BCUT2D eigenvalue weighted by Gasteiger charge is -2.33. The molecular weight excluding hydrogens is 302 g/mol. The molecule has 0 radical (unpaired) electrons. The minimum absolute atomic E-state index is 0.116. The quantitative estimate of drug-likeness (QED) is 0.844. The minimum atomic E-state index is 0.116. The van der Waals surface area contributed by atoms with E-state index in [1.165, 1.54) is 19.3 Å². The van der Waals surface area contributed by atoms with Gasteiger partial charge in [0.25, 0.3) is 11.6 Å². The number of nitrogens with zero attached hydrogens (tertiary/aromatic N) is 3. The van der Waals surface area contributed by atoms with Crippen molar-refractivity contribution in [2.24, 2.45) is 0 Å². The van der Waals surface area contributed by atoms with Crippen molar-refractivity contribution in [3.05, 3.63) is 23.0 Å². The fourth-order valence-corrected chi connectivity index (χ4v) is 3.99. The number of carbonyl (C=O) groups excluding carboxylic acids is 1. The van der Waals surface area contributed by atoms with E-state index in [1.54, 1.807) is 0 Å². The third kappa shape index (κ3) is 2.70. The summed E-state index contributed by atoms with van der Waals surface area (Å²) in [6, 6.07) is 2.36. The molecule has 0 aliphatic heterocycles. The zero-order valence-corrected chi connectivity index (χ0v) is 14.5. The van der Waals surface area contributed by atoms with E-state index in [4.69, 9.17) is 4.52 Å². The first-order valence-corrected chi connectivity index (χ1v) is 9.27. The molecule has 2 aromatic rings. The summed E-state index contributed by atoms with van der Waals surface area (Å²) in [6.45, 7) is 4.71. The molecule has 0 aromatic carbocycles. The van der Waals surface area contributed by atoms with Gasteiger partial charge in [-0.15, -0.1) is 0 Å². The Bertz CT molecular complexity index is 757. The Morgan fingerprint density at radius 2 is 2.00 bits per heavy atom. The number of rotatable bonds is 4. The molecule has 0 spiro atoms. The van der Waals surface area contributed by atoms with Crippen molar-refractivity contribution in [3.63, 3.8) is 0 Å². The third-order valence-electron chi connectivity index (χ3n) is 5.48. The predicted octanol–water partition coefficient (Wildman–Crippen LogP) is 4.20. The minimum Gasteiger partial charge on any atom is -0.336 e. The van der Waals surface area contributed by atoms with Gasteiger partial charge < -0.3 is 9.42 Å². The van der Waals surface area contributed by atoms with Gasteiger partial charge in [0.1, 0.15) is 0 Å². The Kier molecular flexibility index (Phi) is 4.02. The van der Waals surface area contributed by atoms with Crippen molar-refractivity contribution in [3.8, 4) is 0 Å². The fourth-order valence-electron chi connectivity index (χ4n) is 3.99. The van der Waals surface area contributed by atoms with Crippen LogP contribution in [0.3, 0.4) is 0 Å². The standard InChI is InChI=1S/C19H25N3O2/c1-3-22(14-7-5-4-6-8-14)19(23)15-11-16(13-9-10-13)20-18-17(15)12(2)21-24-18/h11,13-14H,3-10H2,1-2H3. The second kappa shape index (κ2) is 6.19. The van der Waals surface area contributed by atoms with Gasteiger partial charge in [0, 0.05) is 24.2 Å². The van der Waals surface area contributed by atoms with Gasteiger partial charge >= 0.3 is 0 Å². The second-order valence-corrected chi connectivity index (χ2v) is 7.20. The molecule has 4 rings (SSSR count). The van der Waals surface area contributed by atoms with Crippen LogP contribution in [0.4, 0.5) is 0 Å². The van der Waals surface area contributed by atoms with Gasteiger partial charge in [0.15, 0.2) is 0 Å². The summed E-state index contributed by atoms with van der Waals surface area (Å²) in [6.07, 6.45) is 8.27. The van der Waals surface area contributed by atoms with Crippen molar-refractivity contribution in [2.45, 2.75) is 70.8 Å². The van der Waals surface area contributed by atoms with Crippen LogP contribution < -0.4 is 0 Å². The molecule has 2 aromatic heterocycles. The van der Waals surface area contributed by atoms with E-state index in [9.17, 15) is 4.79 Å². The van der Waals surface area contributed by atoms with Crippen LogP contribution in [-0.2, 0) is 0 Å². The molecule has 128 valence electrons. The fraction of sp³-hybridized carbons (Fsp3) is 0.632. The van der Waals surface area contributed by atoms with Crippen LogP contribution in [0, 0.1) is 6.92 Å². The lowest BCUT2D eigenvalue weighted by Crippen LogP contribution is -2.41. The van der Waals surface area contributed by atoms with Crippen LogP contribution in [0.1, 0.15) is 79.5 Å². The zero-order chi connectivity index (χ0) is 16.7. The summed E-state index contributed by atoms with van der Waals surface area (Å²) in [5, 5.41) is 4.84. The normalized spacial score (nSPS) is 18.9. The van der Waals surface area contributed by atoms with Gasteiger partial charge in [0.2, 0.25) is 0 Å². The molecule has 0 atom stereocenters. The lowest BCUT2D eigenvalue weighted by molar-refractivity contribution is 0.0649. The molecule has 2 fully saturated rings. The molecule has 0 bridgehead atoms. The van der Waals surface area contributed by atoms with E-state index in [-0.39, 0.29) is 5.91 Å². The summed E-state index contributed by atoms with van der Waals surface area (Å²) in [5.74, 6) is 0.598. The number of pyridine rings is 1. The van der Waals surface area contributed by atoms with E-state index >= 15 is 0 Å². The first-order valence-electron chi connectivity index (χ1n) is 9.27. The summed E-state index contributed by atoms with van der Waals surface area (Å²) < 4.78 is 5.39. The molecule has 2 aliphatic rings. The van der Waals surface area contributed by atoms with Crippen molar-refractivity contribution < 1.29 is 9.32 Å². The number of amides is 1. The van der Waals surface area contributed by atoms with E-state index < -0.39 is 0 Å². The highest BCUT2D eigenvalue weighted by Crippen LogP contribution is 2.40. The van der Waals surface area contributed by atoms with Crippen LogP contribution in [-0.4, -0.2) is 33.5 Å².